The van der Waals surface area contributed by atoms with Gasteiger partial charge in [-0.3, -0.25) is 9.59 Å². The first kappa shape index (κ1) is 23.5. The predicted molar refractivity (Wildman–Crippen MR) is 132 cm³/mol. The van der Waals surface area contributed by atoms with Gasteiger partial charge in [-0.1, -0.05) is 60.7 Å². The largest absolute Gasteiger partial charge is 0.383 e. The van der Waals surface area contributed by atoms with Crippen molar-refractivity contribution < 1.29 is 14.3 Å². The first-order valence-electron chi connectivity index (χ1n) is 11.0. The summed E-state index contributed by atoms with van der Waals surface area (Å²) >= 11 is 8.25. The second-order valence-electron chi connectivity index (χ2n) is 7.98. The lowest BCUT2D eigenvalue weighted by Gasteiger charge is -2.37. The van der Waals surface area contributed by atoms with Gasteiger partial charge in [0.25, 0.3) is 0 Å². The molecule has 2 atom stereocenters. The Morgan fingerprint density at radius 3 is 2.52 bits per heavy atom. The third-order valence-corrected chi connectivity index (χ3v) is 7.35. The molecule has 33 heavy (non-hydrogen) atoms. The zero-order chi connectivity index (χ0) is 23.2. The molecule has 5 nitrogen and oxygen atoms in total. The van der Waals surface area contributed by atoms with Crippen LogP contribution in [-0.2, 0) is 20.7 Å². The molecule has 0 bridgehead atoms. The highest BCUT2D eigenvalue weighted by Crippen LogP contribution is 2.37. The standard InChI is InChI=1S/C26H27ClN2O3S/c1-32-16-15-28(26(31)24(27)19-8-4-2-5-9-19)18-23(30)29-14-12-22-21(13-17-33-22)25(29)20-10-6-3-7-11-20/h2-11,13,17,24-25H,12,14-16,18H2,1H3. The van der Waals surface area contributed by atoms with Crippen molar-refractivity contribution in [3.63, 3.8) is 0 Å². The Kier molecular flexibility index (Phi) is 7.81. The summed E-state index contributed by atoms with van der Waals surface area (Å²) in [6.45, 7) is 1.20. The molecule has 0 saturated carbocycles. The van der Waals surface area contributed by atoms with E-state index in [1.807, 2.05) is 53.4 Å². The van der Waals surface area contributed by atoms with Crippen molar-refractivity contribution in [3.05, 3.63) is 93.7 Å². The molecule has 172 valence electrons. The molecule has 1 aliphatic rings. The van der Waals surface area contributed by atoms with Crippen molar-refractivity contribution in [2.75, 3.05) is 33.4 Å². The van der Waals surface area contributed by atoms with Gasteiger partial charge in [-0.15, -0.1) is 22.9 Å². The van der Waals surface area contributed by atoms with Crippen LogP contribution < -0.4 is 0 Å². The number of methoxy groups -OCH3 is 1. The van der Waals surface area contributed by atoms with Gasteiger partial charge in [0.05, 0.1) is 19.2 Å². The third kappa shape index (κ3) is 5.29. The Bertz CT molecular complexity index is 1070. The van der Waals surface area contributed by atoms with E-state index in [2.05, 4.69) is 23.6 Å². The van der Waals surface area contributed by atoms with Gasteiger partial charge in [0.15, 0.2) is 0 Å². The van der Waals surface area contributed by atoms with E-state index in [0.717, 1.165) is 12.0 Å². The topological polar surface area (TPSA) is 49.9 Å². The molecule has 0 spiro atoms. The number of fused-ring (bicyclic) bond motifs is 1. The molecule has 0 N–H and O–H groups in total. The van der Waals surface area contributed by atoms with Crippen LogP contribution in [0.2, 0.25) is 0 Å². The Labute approximate surface area is 203 Å². The highest BCUT2D eigenvalue weighted by Gasteiger charge is 2.34. The van der Waals surface area contributed by atoms with Crippen molar-refractivity contribution in [3.8, 4) is 0 Å². The van der Waals surface area contributed by atoms with Gasteiger partial charge in [0.2, 0.25) is 11.8 Å². The number of alkyl halides is 1. The summed E-state index contributed by atoms with van der Waals surface area (Å²) in [6, 6.07) is 21.2. The van der Waals surface area contributed by atoms with Crippen molar-refractivity contribution in [1.29, 1.82) is 0 Å². The summed E-state index contributed by atoms with van der Waals surface area (Å²) in [7, 11) is 1.58. The second-order valence-corrected chi connectivity index (χ2v) is 9.41. The number of carbonyl (C=O) groups is 2. The smallest absolute Gasteiger partial charge is 0.245 e. The van der Waals surface area contributed by atoms with Crippen LogP contribution in [-0.4, -0.2) is 55.0 Å². The molecule has 7 heteroatoms. The lowest BCUT2D eigenvalue weighted by molar-refractivity contribution is -0.142. The minimum Gasteiger partial charge on any atom is -0.383 e. The Morgan fingerprint density at radius 1 is 1.12 bits per heavy atom. The average Bonchev–Trinajstić information content (AvgIpc) is 3.35. The number of nitrogens with zero attached hydrogens (tertiary/aromatic N) is 2. The molecule has 4 rings (SSSR count). The van der Waals surface area contributed by atoms with E-state index in [1.165, 1.54) is 15.3 Å². The lowest BCUT2D eigenvalue weighted by atomic mass is 9.93. The fraction of sp³-hybridized carbons (Fsp3) is 0.308. The second kappa shape index (κ2) is 11.0. The molecule has 2 aromatic carbocycles. The average molecular weight is 483 g/mol. The van der Waals surface area contributed by atoms with Crippen molar-refractivity contribution in [2.24, 2.45) is 0 Å². The molecular formula is C26H27ClN2O3S. The Morgan fingerprint density at radius 2 is 1.82 bits per heavy atom. The van der Waals surface area contributed by atoms with E-state index in [0.29, 0.717) is 25.3 Å². The van der Waals surface area contributed by atoms with Crippen LogP contribution in [0, 0.1) is 0 Å². The molecule has 0 fully saturated rings. The first-order valence-corrected chi connectivity index (χ1v) is 12.3. The van der Waals surface area contributed by atoms with Crippen LogP contribution in [0.25, 0.3) is 0 Å². The van der Waals surface area contributed by atoms with Gasteiger partial charge < -0.3 is 14.5 Å². The summed E-state index contributed by atoms with van der Waals surface area (Å²) in [5.41, 5.74) is 2.95. The van der Waals surface area contributed by atoms with Gasteiger partial charge in [-0.25, -0.2) is 0 Å². The molecule has 0 aliphatic carbocycles. The van der Waals surface area contributed by atoms with E-state index in [4.69, 9.17) is 16.3 Å². The van der Waals surface area contributed by atoms with Gasteiger partial charge >= 0.3 is 0 Å². The molecule has 1 aliphatic heterocycles. The quantitative estimate of drug-likeness (QED) is 0.438. The molecule has 0 saturated heterocycles. The van der Waals surface area contributed by atoms with E-state index in [1.54, 1.807) is 18.4 Å². The number of rotatable bonds is 8. The van der Waals surface area contributed by atoms with E-state index in [9.17, 15) is 9.59 Å². The zero-order valence-corrected chi connectivity index (χ0v) is 20.1. The summed E-state index contributed by atoms with van der Waals surface area (Å²) in [5, 5.41) is 1.23. The maximum Gasteiger partial charge on any atom is 0.245 e. The number of benzene rings is 2. The summed E-state index contributed by atoms with van der Waals surface area (Å²) in [5.74, 6) is -0.389. The molecule has 0 radical (unpaired) electrons. The lowest BCUT2D eigenvalue weighted by Crippen LogP contribution is -2.48. The van der Waals surface area contributed by atoms with E-state index >= 15 is 0 Å². The summed E-state index contributed by atoms with van der Waals surface area (Å²) in [6.07, 6.45) is 0.816. The summed E-state index contributed by atoms with van der Waals surface area (Å²) in [4.78, 5) is 31.6. The van der Waals surface area contributed by atoms with Gasteiger partial charge in [0.1, 0.15) is 5.38 Å². The van der Waals surface area contributed by atoms with Gasteiger partial charge in [-0.2, -0.15) is 0 Å². The molecular weight excluding hydrogens is 456 g/mol. The highest BCUT2D eigenvalue weighted by atomic mass is 35.5. The number of thiophene rings is 1. The number of halogens is 1. The monoisotopic (exact) mass is 482 g/mol. The number of ether oxygens (including phenoxy) is 1. The van der Waals surface area contributed by atoms with Gasteiger partial charge in [0, 0.05) is 25.1 Å². The fourth-order valence-electron chi connectivity index (χ4n) is 4.23. The van der Waals surface area contributed by atoms with Crippen molar-refractivity contribution >= 4 is 34.8 Å². The Hall–Kier alpha value is -2.67. The number of amides is 2. The van der Waals surface area contributed by atoms with Crippen LogP contribution in [0.1, 0.15) is 33.0 Å². The maximum atomic E-state index is 13.6. The predicted octanol–water partition coefficient (Wildman–Crippen LogP) is 4.68. The molecule has 3 aromatic rings. The van der Waals surface area contributed by atoms with Crippen molar-refractivity contribution in [2.45, 2.75) is 17.8 Å². The molecule has 1 aromatic heterocycles. The van der Waals surface area contributed by atoms with Crippen LogP contribution in [0.4, 0.5) is 0 Å². The minimum absolute atomic E-state index is 0.0406. The molecule has 2 unspecified atom stereocenters. The maximum absolute atomic E-state index is 13.6. The van der Waals surface area contributed by atoms with Gasteiger partial charge in [-0.05, 0) is 34.6 Å². The van der Waals surface area contributed by atoms with E-state index < -0.39 is 5.38 Å². The number of hydrogen-bond donors (Lipinski definition) is 0. The molecule has 2 heterocycles. The number of carbonyl (C=O) groups excluding carboxylic acids is 2. The van der Waals surface area contributed by atoms with E-state index in [-0.39, 0.29) is 24.4 Å². The SMILES string of the molecule is COCCN(CC(=O)N1CCc2sccc2C1c1ccccc1)C(=O)C(Cl)c1ccccc1. The highest BCUT2D eigenvalue weighted by molar-refractivity contribution is 7.10. The first-order chi connectivity index (χ1) is 16.1. The van der Waals surface area contributed by atoms with Crippen LogP contribution >= 0.6 is 22.9 Å². The van der Waals surface area contributed by atoms with Crippen molar-refractivity contribution in [1.82, 2.24) is 9.80 Å². The van der Waals surface area contributed by atoms with Crippen LogP contribution in [0.15, 0.2) is 72.1 Å². The minimum atomic E-state index is -0.856. The molecule has 2 amide bonds. The Balaban J connectivity index is 1.57. The number of hydrogen-bond acceptors (Lipinski definition) is 4. The fourth-order valence-corrected chi connectivity index (χ4v) is 5.41. The summed E-state index contributed by atoms with van der Waals surface area (Å²) < 4.78 is 5.20. The van der Waals surface area contributed by atoms with Crippen LogP contribution in [0.5, 0.6) is 0 Å². The van der Waals surface area contributed by atoms with Crippen LogP contribution in [0.3, 0.4) is 0 Å². The normalized spacial score (nSPS) is 16.2. The zero-order valence-electron chi connectivity index (χ0n) is 18.5. The third-order valence-electron chi connectivity index (χ3n) is 5.91.